The number of unbranched alkanes of at least 4 members (excludes halogenated alkanes) is 1. The third-order valence-electron chi connectivity index (χ3n) is 17.1. The van der Waals surface area contributed by atoms with Crippen LogP contribution >= 0.6 is 11.8 Å². The molecule has 3 aliphatic heterocycles. The molecule has 28 nitrogen and oxygen atoms in total. The highest BCUT2D eigenvalue weighted by atomic mass is 32.2. The van der Waals surface area contributed by atoms with Gasteiger partial charge in [0.25, 0.3) is 0 Å². The number of carbonyl (C=O) groups is 10. The fourth-order valence-corrected chi connectivity index (χ4v) is 13.5. The molecule has 530 valence electrons. The number of hydrogen-bond acceptors (Lipinski definition) is 16. The van der Waals surface area contributed by atoms with Crippen molar-refractivity contribution >= 4 is 81.9 Å². The minimum Gasteiger partial charge on any atom is -0.377 e. The number of halogens is 1. The van der Waals surface area contributed by atoms with E-state index in [4.69, 9.17) is 19.9 Å². The van der Waals surface area contributed by atoms with Gasteiger partial charge in [-0.2, -0.15) is 11.8 Å². The summed E-state index contributed by atoms with van der Waals surface area (Å²) in [6, 6.07) is 12.5. The lowest BCUT2D eigenvalue weighted by Gasteiger charge is -2.28. The number of thioether (sulfide) groups is 1. The van der Waals surface area contributed by atoms with Crippen LogP contribution in [-0.4, -0.2) is 190 Å². The van der Waals surface area contributed by atoms with Crippen molar-refractivity contribution in [3.05, 3.63) is 119 Å². The van der Waals surface area contributed by atoms with E-state index in [0.29, 0.717) is 47.7 Å². The molecule has 5 aromatic rings. The second-order valence-electron chi connectivity index (χ2n) is 25.4. The van der Waals surface area contributed by atoms with Crippen LogP contribution in [0.15, 0.2) is 91.3 Å². The van der Waals surface area contributed by atoms with Crippen molar-refractivity contribution in [3.63, 3.8) is 0 Å². The molecule has 2 aromatic heterocycles. The largest absolute Gasteiger partial charge is 0.377 e. The van der Waals surface area contributed by atoms with E-state index in [1.54, 1.807) is 36.5 Å². The number of para-hydroxylation sites is 1. The summed E-state index contributed by atoms with van der Waals surface area (Å²) in [6.07, 6.45) is 6.65. The van der Waals surface area contributed by atoms with Crippen LogP contribution in [0.3, 0.4) is 0 Å². The highest BCUT2D eigenvalue weighted by Crippen LogP contribution is 2.33. The van der Waals surface area contributed by atoms with Gasteiger partial charge in [0.15, 0.2) is 0 Å². The Balaban J connectivity index is 0.924. The van der Waals surface area contributed by atoms with Gasteiger partial charge in [0.05, 0.1) is 50.8 Å². The van der Waals surface area contributed by atoms with E-state index in [1.807, 2.05) is 67.7 Å². The third kappa shape index (κ3) is 23.4. The van der Waals surface area contributed by atoms with E-state index in [1.165, 1.54) is 35.9 Å². The summed E-state index contributed by atoms with van der Waals surface area (Å²) in [5.74, 6) is -6.12. The summed E-state index contributed by atoms with van der Waals surface area (Å²) in [6.45, 7) is 6.05. The Hall–Kier alpha value is -9.00. The summed E-state index contributed by atoms with van der Waals surface area (Å²) in [5.41, 5.74) is 8.75. The Kier molecular flexibility index (Phi) is 28.7. The van der Waals surface area contributed by atoms with E-state index in [0.717, 1.165) is 35.9 Å². The standard InChI is InChI=1S/C68H92FN15O13S/c1-41(2)32-50-64(90)76-51(33-43-14-6-5-7-15-43)66(92)78-53(35-45-37-83(4)56-18-9-8-16-48(45)56)67(93)77-52(34-44-21-23-46(69)24-22-44)65(91)74-49(61(70)87)17-12-13-26-84-38-47(81-82-84)36-54(63(89)72-42(3)62(88)75-50)73-59(86)39-97-31-30-96-29-28-95-27-25-71-58(85)20-11-10-19-57-60-55(40-98-57)79-68(94)80-60/h5-9,14-16,18,21-24,37-38,41-42,49-55,57,60H,10-13,17,19-20,25-36,39-40H2,1-4H3,(H2,70,87)(H,71,85)(H,72,89)(H,73,86)(H,74,91)(H,75,88)(H,76,90)(H,77,93)(H,78,92)(H2,79,80,94)/t42-,49+,50-,51-,52+,53+,54+,55-,57-,60-/m1/s1. The first kappa shape index (κ1) is 74.8. The van der Waals surface area contributed by atoms with Crippen LogP contribution in [0.2, 0.25) is 0 Å². The lowest BCUT2D eigenvalue weighted by Crippen LogP contribution is -2.60. The predicted octanol–water partition coefficient (Wildman–Crippen LogP) is 1.20. The summed E-state index contributed by atoms with van der Waals surface area (Å²) in [7, 11) is 1.83. The molecular weight excluding hydrogens is 1290 g/mol. The topological polar surface area (TPSA) is 380 Å². The number of fused-ring (bicyclic) bond motifs is 4. The van der Waals surface area contributed by atoms with E-state index < -0.39 is 102 Å². The van der Waals surface area contributed by atoms with Gasteiger partial charge in [-0.1, -0.05) is 86.1 Å². The maximum Gasteiger partial charge on any atom is 0.315 e. The van der Waals surface area contributed by atoms with Gasteiger partial charge in [-0.05, 0) is 86.3 Å². The fourth-order valence-electron chi connectivity index (χ4n) is 11.9. The number of nitrogens with two attached hydrogens (primary N) is 1. The van der Waals surface area contributed by atoms with Crippen molar-refractivity contribution in [1.82, 2.24) is 72.7 Å². The lowest BCUT2D eigenvalue weighted by molar-refractivity contribution is -0.136. The molecule has 0 unspecified atom stereocenters. The number of ether oxygens (including phenoxy) is 3. The molecule has 3 aromatic carbocycles. The quantitative estimate of drug-likeness (QED) is 0.0274. The van der Waals surface area contributed by atoms with Crippen molar-refractivity contribution < 1.29 is 66.5 Å². The van der Waals surface area contributed by atoms with Crippen LogP contribution < -0.4 is 58.9 Å². The molecule has 10 atom stereocenters. The number of aryl methyl sites for hydroxylation is 2. The third-order valence-corrected chi connectivity index (χ3v) is 18.6. The summed E-state index contributed by atoms with van der Waals surface area (Å²) < 4.78 is 34.4. The van der Waals surface area contributed by atoms with Crippen LogP contribution in [0.25, 0.3) is 10.9 Å². The van der Waals surface area contributed by atoms with Gasteiger partial charge in [0.1, 0.15) is 54.7 Å². The molecule has 98 heavy (non-hydrogen) atoms. The van der Waals surface area contributed by atoms with Crippen LogP contribution in [0, 0.1) is 11.7 Å². The molecule has 0 spiro atoms. The van der Waals surface area contributed by atoms with Crippen LogP contribution in [0.1, 0.15) is 94.5 Å². The first-order valence-electron chi connectivity index (χ1n) is 33.5. The van der Waals surface area contributed by atoms with Crippen molar-refractivity contribution in [2.75, 3.05) is 51.9 Å². The minimum atomic E-state index is -1.41. The molecule has 2 bridgehead atoms. The van der Waals surface area contributed by atoms with Crippen LogP contribution in [0.4, 0.5) is 9.18 Å². The Morgan fingerprint density at radius 2 is 1.32 bits per heavy atom. The van der Waals surface area contributed by atoms with Gasteiger partial charge in [-0.3, -0.25) is 47.8 Å². The zero-order valence-corrected chi connectivity index (χ0v) is 56.6. The van der Waals surface area contributed by atoms with Gasteiger partial charge >= 0.3 is 6.03 Å². The molecular formula is C68H92FN15O13S. The Bertz CT molecular complexity index is 3520. The van der Waals surface area contributed by atoms with E-state index in [2.05, 4.69) is 63.5 Å². The first-order chi connectivity index (χ1) is 47.2. The SMILES string of the molecule is CC(C)C[C@H]1NC(=O)[C@@H](C)NC(=O)[C@@H](NC(=O)COCCOCCOCCNC(=O)CCCC[C@H]2SC[C@H]3NC(=O)N[C@H]32)Cc2cn(nn2)CCCC[C@@H](C(N)=O)NC(=O)[C@H](Cc2ccc(F)cc2)NC(=O)[C@H](Cc2cn(C)c3ccccc23)NC(=O)[C@@H](Cc2ccccc2)NC1=O. The summed E-state index contributed by atoms with van der Waals surface area (Å²) in [4.78, 5) is 138. The number of nitrogens with zero attached hydrogens (tertiary/aromatic N) is 4. The van der Waals surface area contributed by atoms with Gasteiger partial charge in [-0.15, -0.1) is 5.10 Å². The molecule has 8 rings (SSSR count). The lowest BCUT2D eigenvalue weighted by atomic mass is 9.99. The highest BCUT2D eigenvalue weighted by Gasteiger charge is 2.43. The maximum absolute atomic E-state index is 15.0. The van der Waals surface area contributed by atoms with Crippen molar-refractivity contribution in [2.45, 2.75) is 164 Å². The summed E-state index contributed by atoms with van der Waals surface area (Å²) in [5, 5.41) is 37.7. The zero-order chi connectivity index (χ0) is 70.1. The Labute approximate surface area is 572 Å². The molecule has 12 N–H and O–H groups in total. The van der Waals surface area contributed by atoms with E-state index >= 15 is 9.59 Å². The van der Waals surface area contributed by atoms with Crippen molar-refractivity contribution in [1.29, 1.82) is 0 Å². The molecule has 30 heteroatoms. The highest BCUT2D eigenvalue weighted by molar-refractivity contribution is 8.00. The molecule has 3 aliphatic rings. The molecule has 5 heterocycles. The first-order valence-corrected chi connectivity index (χ1v) is 34.5. The number of amides is 11. The minimum absolute atomic E-state index is 0.00868. The number of urea groups is 1. The number of benzene rings is 3. The smallest absolute Gasteiger partial charge is 0.315 e. The summed E-state index contributed by atoms with van der Waals surface area (Å²) >= 11 is 1.85. The molecule has 2 fully saturated rings. The van der Waals surface area contributed by atoms with Crippen molar-refractivity contribution in [2.24, 2.45) is 18.7 Å². The predicted molar refractivity (Wildman–Crippen MR) is 362 cm³/mol. The zero-order valence-electron chi connectivity index (χ0n) is 55.8. The number of hydrogen-bond donors (Lipinski definition) is 11. The van der Waals surface area contributed by atoms with Crippen molar-refractivity contribution in [3.8, 4) is 0 Å². The van der Waals surface area contributed by atoms with Gasteiger partial charge < -0.3 is 77.7 Å². The number of aromatic nitrogens is 4. The molecule has 11 amide bonds. The molecule has 0 aliphatic carbocycles. The Morgan fingerprint density at radius 3 is 2.02 bits per heavy atom. The van der Waals surface area contributed by atoms with Gasteiger partial charge in [-0.25, -0.2) is 9.18 Å². The van der Waals surface area contributed by atoms with Crippen LogP contribution in [0.5, 0.6) is 0 Å². The normalized spacial score (nSPS) is 23.2. The van der Waals surface area contributed by atoms with Crippen LogP contribution in [-0.2, 0) is 96.6 Å². The Morgan fingerprint density at radius 1 is 0.684 bits per heavy atom. The molecule has 0 radical (unpaired) electrons. The molecule has 2 saturated heterocycles. The molecule has 0 saturated carbocycles. The fraction of sp³-hybridized carbons (Fsp3) is 0.529. The number of nitrogens with one attached hydrogen (secondary N) is 10. The number of carbonyl (C=O) groups excluding carboxylic acids is 10. The maximum atomic E-state index is 15.0. The average molecular weight is 1380 g/mol. The second-order valence-corrected chi connectivity index (χ2v) is 26.6. The average Bonchev–Trinajstić information content (AvgIpc) is 1.68. The number of primary amides is 1. The monoisotopic (exact) mass is 1380 g/mol. The van der Waals surface area contributed by atoms with Gasteiger partial charge in [0.2, 0.25) is 53.2 Å². The number of rotatable bonds is 26. The van der Waals surface area contributed by atoms with E-state index in [-0.39, 0.29) is 114 Å². The second kappa shape index (κ2) is 37.7. The van der Waals surface area contributed by atoms with E-state index in [9.17, 15) is 42.7 Å². The van der Waals surface area contributed by atoms with Gasteiger partial charge in [0, 0.05) is 86.5 Å².